The number of anilines is 1. The molecule has 1 aliphatic rings. The standard InChI is InChI=1S/C14H17NO3/c1-10-5-2-3-6-11(10)15-12(16)9-14(13(17)18)7-4-8-14/h2-3,5-6H,4,7-9H2,1H3,(H,15,16)(H,17,18). The van der Waals surface area contributed by atoms with E-state index in [0.717, 1.165) is 17.7 Å². The van der Waals surface area contributed by atoms with E-state index in [-0.39, 0.29) is 12.3 Å². The Balaban J connectivity index is 2.01. The first-order chi connectivity index (χ1) is 8.53. The molecule has 0 unspecified atom stereocenters. The molecule has 0 atom stereocenters. The number of rotatable bonds is 4. The fourth-order valence-corrected chi connectivity index (χ4v) is 2.28. The summed E-state index contributed by atoms with van der Waals surface area (Å²) in [7, 11) is 0. The Labute approximate surface area is 106 Å². The summed E-state index contributed by atoms with van der Waals surface area (Å²) < 4.78 is 0. The first-order valence-electron chi connectivity index (χ1n) is 6.12. The molecule has 0 aliphatic heterocycles. The smallest absolute Gasteiger partial charge is 0.310 e. The van der Waals surface area contributed by atoms with Crippen LogP contribution in [0.2, 0.25) is 0 Å². The molecule has 1 fully saturated rings. The summed E-state index contributed by atoms with van der Waals surface area (Å²) in [5.74, 6) is -1.07. The van der Waals surface area contributed by atoms with Crippen molar-refractivity contribution in [1.82, 2.24) is 0 Å². The Bertz CT molecular complexity index is 478. The van der Waals surface area contributed by atoms with Gasteiger partial charge in [0, 0.05) is 12.1 Å². The molecule has 4 nitrogen and oxygen atoms in total. The third-order valence-electron chi connectivity index (χ3n) is 3.68. The van der Waals surface area contributed by atoms with Crippen molar-refractivity contribution in [3.8, 4) is 0 Å². The highest BCUT2D eigenvalue weighted by Gasteiger charge is 2.45. The SMILES string of the molecule is Cc1ccccc1NC(=O)CC1(C(=O)O)CCC1. The Morgan fingerprint density at radius 3 is 2.50 bits per heavy atom. The number of carbonyl (C=O) groups excluding carboxylic acids is 1. The second-order valence-corrected chi connectivity index (χ2v) is 4.98. The van der Waals surface area contributed by atoms with Gasteiger partial charge in [0.25, 0.3) is 0 Å². The van der Waals surface area contributed by atoms with Crippen LogP contribution in [0, 0.1) is 12.3 Å². The summed E-state index contributed by atoms with van der Waals surface area (Å²) in [6.07, 6.45) is 2.16. The normalized spacial score (nSPS) is 16.7. The van der Waals surface area contributed by atoms with Gasteiger partial charge in [0.2, 0.25) is 5.91 Å². The molecule has 0 bridgehead atoms. The third kappa shape index (κ3) is 2.37. The Morgan fingerprint density at radius 1 is 1.33 bits per heavy atom. The van der Waals surface area contributed by atoms with Gasteiger partial charge in [-0.1, -0.05) is 24.6 Å². The van der Waals surface area contributed by atoms with Gasteiger partial charge in [-0.15, -0.1) is 0 Å². The van der Waals surface area contributed by atoms with Crippen molar-refractivity contribution in [3.63, 3.8) is 0 Å². The summed E-state index contributed by atoms with van der Waals surface area (Å²) >= 11 is 0. The molecule has 2 N–H and O–H groups in total. The summed E-state index contributed by atoms with van der Waals surface area (Å²) in [6, 6.07) is 7.47. The van der Waals surface area contributed by atoms with E-state index < -0.39 is 11.4 Å². The predicted octanol–water partition coefficient (Wildman–Crippen LogP) is 2.58. The highest BCUT2D eigenvalue weighted by molar-refractivity contribution is 5.95. The number of amides is 1. The summed E-state index contributed by atoms with van der Waals surface area (Å²) in [5.41, 5.74) is 0.901. The highest BCUT2D eigenvalue weighted by atomic mass is 16.4. The molecule has 1 aliphatic carbocycles. The molecule has 4 heteroatoms. The maximum absolute atomic E-state index is 11.9. The zero-order valence-corrected chi connectivity index (χ0v) is 10.4. The van der Waals surface area contributed by atoms with Crippen LogP contribution < -0.4 is 5.32 Å². The number of carbonyl (C=O) groups is 2. The molecule has 2 rings (SSSR count). The van der Waals surface area contributed by atoms with Crippen molar-refractivity contribution in [1.29, 1.82) is 0 Å². The van der Waals surface area contributed by atoms with Crippen LogP contribution in [0.15, 0.2) is 24.3 Å². The fraction of sp³-hybridized carbons (Fsp3) is 0.429. The number of carboxylic acids is 1. The number of carboxylic acid groups (broad SMARTS) is 1. The maximum Gasteiger partial charge on any atom is 0.310 e. The van der Waals surface area contributed by atoms with Gasteiger partial charge in [-0.05, 0) is 31.4 Å². The molecule has 18 heavy (non-hydrogen) atoms. The summed E-state index contributed by atoms with van der Waals surface area (Å²) in [6.45, 7) is 1.91. The number of aliphatic carboxylic acids is 1. The van der Waals surface area contributed by atoms with Crippen LogP contribution in [0.1, 0.15) is 31.2 Å². The largest absolute Gasteiger partial charge is 0.481 e. The van der Waals surface area contributed by atoms with Crippen LogP contribution in [0.4, 0.5) is 5.69 Å². The average Bonchev–Trinajstić information content (AvgIpc) is 2.26. The van der Waals surface area contributed by atoms with Crippen molar-refractivity contribution < 1.29 is 14.7 Å². The van der Waals surface area contributed by atoms with E-state index in [4.69, 9.17) is 0 Å². The maximum atomic E-state index is 11.9. The van der Waals surface area contributed by atoms with E-state index >= 15 is 0 Å². The lowest BCUT2D eigenvalue weighted by atomic mass is 9.66. The molecule has 0 heterocycles. The lowest BCUT2D eigenvalue weighted by Gasteiger charge is -2.36. The van der Waals surface area contributed by atoms with Crippen LogP contribution in [0.5, 0.6) is 0 Å². The van der Waals surface area contributed by atoms with Crippen molar-refractivity contribution in [2.75, 3.05) is 5.32 Å². The van der Waals surface area contributed by atoms with E-state index in [2.05, 4.69) is 5.32 Å². The Morgan fingerprint density at radius 2 is 2.00 bits per heavy atom. The number of hydrogen-bond donors (Lipinski definition) is 2. The van der Waals surface area contributed by atoms with E-state index in [1.54, 1.807) is 0 Å². The predicted molar refractivity (Wildman–Crippen MR) is 68.3 cm³/mol. The van der Waals surface area contributed by atoms with Gasteiger partial charge in [0.15, 0.2) is 0 Å². The van der Waals surface area contributed by atoms with Gasteiger partial charge in [-0.3, -0.25) is 9.59 Å². The van der Waals surface area contributed by atoms with Crippen LogP contribution in [0.3, 0.4) is 0 Å². The molecule has 1 aromatic carbocycles. The van der Waals surface area contributed by atoms with Crippen LogP contribution in [0.25, 0.3) is 0 Å². The zero-order chi connectivity index (χ0) is 13.2. The first kappa shape index (κ1) is 12.6. The monoisotopic (exact) mass is 247 g/mol. The minimum atomic E-state index is -0.853. The van der Waals surface area contributed by atoms with Crippen molar-refractivity contribution in [2.45, 2.75) is 32.6 Å². The second-order valence-electron chi connectivity index (χ2n) is 4.98. The first-order valence-corrected chi connectivity index (χ1v) is 6.12. The third-order valence-corrected chi connectivity index (χ3v) is 3.68. The van der Waals surface area contributed by atoms with E-state index in [1.807, 2.05) is 31.2 Å². The lowest BCUT2D eigenvalue weighted by molar-refractivity contribution is -0.157. The van der Waals surface area contributed by atoms with Crippen LogP contribution >= 0.6 is 0 Å². The molecule has 0 radical (unpaired) electrons. The number of para-hydroxylation sites is 1. The molecular weight excluding hydrogens is 230 g/mol. The molecule has 1 amide bonds. The molecule has 0 aromatic heterocycles. The van der Waals surface area contributed by atoms with Gasteiger partial charge in [0.05, 0.1) is 5.41 Å². The topological polar surface area (TPSA) is 66.4 Å². The number of hydrogen-bond acceptors (Lipinski definition) is 2. The van der Waals surface area contributed by atoms with E-state index in [0.29, 0.717) is 12.8 Å². The van der Waals surface area contributed by atoms with Gasteiger partial charge >= 0.3 is 5.97 Å². The molecule has 0 saturated heterocycles. The summed E-state index contributed by atoms with van der Waals surface area (Å²) in [5, 5.41) is 12.0. The number of benzene rings is 1. The lowest BCUT2D eigenvalue weighted by Crippen LogP contribution is -2.41. The molecular formula is C14H17NO3. The zero-order valence-electron chi connectivity index (χ0n) is 10.4. The molecule has 0 spiro atoms. The van der Waals surface area contributed by atoms with E-state index in [1.165, 1.54) is 0 Å². The van der Waals surface area contributed by atoms with Gasteiger partial charge < -0.3 is 10.4 Å². The Hall–Kier alpha value is -1.84. The molecule has 1 aromatic rings. The van der Waals surface area contributed by atoms with Gasteiger partial charge in [0.1, 0.15) is 0 Å². The molecule has 1 saturated carbocycles. The fourth-order valence-electron chi connectivity index (χ4n) is 2.28. The van der Waals surface area contributed by atoms with Crippen molar-refractivity contribution >= 4 is 17.6 Å². The molecule has 96 valence electrons. The highest BCUT2D eigenvalue weighted by Crippen LogP contribution is 2.44. The van der Waals surface area contributed by atoms with Crippen LogP contribution in [-0.4, -0.2) is 17.0 Å². The van der Waals surface area contributed by atoms with E-state index in [9.17, 15) is 14.7 Å². The van der Waals surface area contributed by atoms with Crippen molar-refractivity contribution in [2.24, 2.45) is 5.41 Å². The minimum Gasteiger partial charge on any atom is -0.481 e. The number of nitrogens with one attached hydrogen (secondary N) is 1. The minimum absolute atomic E-state index is 0.0661. The number of aryl methyl sites for hydroxylation is 1. The van der Waals surface area contributed by atoms with Gasteiger partial charge in [-0.25, -0.2) is 0 Å². The van der Waals surface area contributed by atoms with Gasteiger partial charge in [-0.2, -0.15) is 0 Å². The second kappa shape index (κ2) is 4.80. The quantitative estimate of drug-likeness (QED) is 0.859. The summed E-state index contributed by atoms with van der Waals surface area (Å²) in [4.78, 5) is 23.1. The average molecular weight is 247 g/mol. The van der Waals surface area contributed by atoms with Crippen molar-refractivity contribution in [3.05, 3.63) is 29.8 Å². The Kier molecular flexibility index (Phi) is 3.36. The van der Waals surface area contributed by atoms with Crippen LogP contribution in [-0.2, 0) is 9.59 Å².